The summed E-state index contributed by atoms with van der Waals surface area (Å²) >= 11 is 12.0. The molecule has 4 rings (SSSR count). The highest BCUT2D eigenvalue weighted by atomic mass is 35.5. The number of halogens is 2. The number of hydrogen-bond acceptors (Lipinski definition) is 5. The molecule has 0 unspecified atom stereocenters. The molecule has 0 amide bonds. The van der Waals surface area contributed by atoms with Crippen LogP contribution in [0, 0.1) is 6.92 Å². The molecule has 0 radical (unpaired) electrons. The maximum absolute atomic E-state index is 12.8. The second-order valence-electron chi connectivity index (χ2n) is 7.20. The van der Waals surface area contributed by atoms with Gasteiger partial charge in [-0.3, -0.25) is 4.79 Å². The summed E-state index contributed by atoms with van der Waals surface area (Å²) in [5, 5.41) is 0.837. The Morgan fingerprint density at radius 3 is 2.47 bits per heavy atom. The molecule has 0 saturated carbocycles. The van der Waals surface area contributed by atoms with Crippen LogP contribution in [0.3, 0.4) is 0 Å². The molecule has 0 aliphatic carbocycles. The van der Waals surface area contributed by atoms with E-state index >= 15 is 0 Å². The highest BCUT2D eigenvalue weighted by molar-refractivity contribution is 6.42. The molecule has 5 nitrogen and oxygen atoms in total. The van der Waals surface area contributed by atoms with Crippen molar-refractivity contribution in [3.8, 4) is 11.5 Å². The van der Waals surface area contributed by atoms with Gasteiger partial charge >= 0.3 is 5.97 Å². The van der Waals surface area contributed by atoms with Crippen molar-refractivity contribution in [1.29, 1.82) is 0 Å². The Balaban J connectivity index is 1.51. The second-order valence-corrected chi connectivity index (χ2v) is 8.02. The van der Waals surface area contributed by atoms with Crippen molar-refractivity contribution >= 4 is 41.0 Å². The zero-order valence-corrected chi connectivity index (χ0v) is 18.8. The quantitative estimate of drug-likeness (QED) is 0.325. The Bertz CT molecular complexity index is 1250. The number of rotatable bonds is 5. The van der Waals surface area contributed by atoms with Gasteiger partial charge in [0.2, 0.25) is 5.78 Å². The highest BCUT2D eigenvalue weighted by Crippen LogP contribution is 2.38. The summed E-state index contributed by atoms with van der Waals surface area (Å²) in [5.41, 5.74) is 3.32. The van der Waals surface area contributed by atoms with E-state index in [0.717, 1.165) is 11.1 Å². The van der Waals surface area contributed by atoms with Crippen molar-refractivity contribution in [2.24, 2.45) is 0 Å². The van der Waals surface area contributed by atoms with E-state index < -0.39 is 5.97 Å². The maximum atomic E-state index is 12.8. The lowest BCUT2D eigenvalue weighted by Gasteiger charge is -2.09. The van der Waals surface area contributed by atoms with Crippen LogP contribution in [-0.4, -0.2) is 18.9 Å². The number of aryl methyl sites for hydroxylation is 1. The molecule has 32 heavy (non-hydrogen) atoms. The first-order valence-electron chi connectivity index (χ1n) is 9.69. The molecule has 0 aromatic heterocycles. The van der Waals surface area contributed by atoms with E-state index in [1.807, 2.05) is 6.92 Å². The largest absolute Gasteiger partial charge is 0.489 e. The first-order valence-corrected chi connectivity index (χ1v) is 10.5. The molecule has 0 bridgehead atoms. The lowest BCUT2D eigenvalue weighted by atomic mass is 10.0. The van der Waals surface area contributed by atoms with E-state index in [-0.39, 0.29) is 11.5 Å². The van der Waals surface area contributed by atoms with Crippen molar-refractivity contribution in [2.75, 3.05) is 7.11 Å². The fraction of sp³-hybridized carbons (Fsp3) is 0.120. The first-order chi connectivity index (χ1) is 15.4. The molecule has 162 valence electrons. The van der Waals surface area contributed by atoms with E-state index in [9.17, 15) is 9.59 Å². The van der Waals surface area contributed by atoms with E-state index in [1.54, 1.807) is 60.7 Å². The van der Waals surface area contributed by atoms with Gasteiger partial charge in [0.25, 0.3) is 0 Å². The summed E-state index contributed by atoms with van der Waals surface area (Å²) in [7, 11) is 1.34. The van der Waals surface area contributed by atoms with Gasteiger partial charge in [0.05, 0.1) is 28.3 Å². The molecule has 0 fully saturated rings. The van der Waals surface area contributed by atoms with Crippen LogP contribution in [0.15, 0.2) is 60.4 Å². The fourth-order valence-electron chi connectivity index (χ4n) is 3.34. The molecule has 0 atom stereocenters. The van der Waals surface area contributed by atoms with Crippen LogP contribution < -0.4 is 9.47 Å². The van der Waals surface area contributed by atoms with E-state index in [2.05, 4.69) is 0 Å². The molecular formula is C25H18Cl2O5. The average molecular weight is 469 g/mol. The molecule has 0 N–H and O–H groups in total. The molecule has 7 heteroatoms. The van der Waals surface area contributed by atoms with Crippen LogP contribution in [0.25, 0.3) is 6.08 Å². The Morgan fingerprint density at radius 1 is 1.03 bits per heavy atom. The fourth-order valence-corrected chi connectivity index (χ4v) is 3.64. The number of carbonyl (C=O) groups excluding carboxylic acids is 2. The standard InChI is InChI=1S/C25H18Cl2O5/c1-14-9-18(31-13-15-3-6-17(7-4-15)25(29)30-2)12-21-23(14)24(28)22(32-21)11-16-5-8-19(26)20(27)10-16/h3-12H,13H2,1-2H3/b22-11-. The lowest BCUT2D eigenvalue weighted by molar-refractivity contribution is 0.0600. The molecule has 0 spiro atoms. The number of benzene rings is 3. The zero-order valence-electron chi connectivity index (χ0n) is 17.3. The van der Waals surface area contributed by atoms with Gasteiger partial charge in [0.15, 0.2) is 5.76 Å². The molecule has 3 aromatic rings. The number of esters is 1. The minimum Gasteiger partial charge on any atom is -0.489 e. The third-order valence-electron chi connectivity index (χ3n) is 4.97. The molecule has 1 heterocycles. The predicted molar refractivity (Wildman–Crippen MR) is 123 cm³/mol. The average Bonchev–Trinajstić information content (AvgIpc) is 3.10. The third-order valence-corrected chi connectivity index (χ3v) is 5.70. The van der Waals surface area contributed by atoms with Gasteiger partial charge < -0.3 is 14.2 Å². The topological polar surface area (TPSA) is 61.8 Å². The lowest BCUT2D eigenvalue weighted by Crippen LogP contribution is -2.02. The normalized spacial score (nSPS) is 13.6. The maximum Gasteiger partial charge on any atom is 0.337 e. The van der Waals surface area contributed by atoms with Crippen LogP contribution in [0.1, 0.15) is 37.4 Å². The van der Waals surface area contributed by atoms with E-state index in [4.69, 9.17) is 37.4 Å². The molecule has 1 aliphatic heterocycles. The Hall–Kier alpha value is -3.28. The van der Waals surface area contributed by atoms with Crippen molar-refractivity contribution < 1.29 is 23.8 Å². The Labute approximate surface area is 195 Å². The number of carbonyl (C=O) groups is 2. The third kappa shape index (κ3) is 4.49. The minimum atomic E-state index is -0.390. The van der Waals surface area contributed by atoms with Crippen LogP contribution >= 0.6 is 23.2 Å². The first kappa shape index (κ1) is 21.9. The van der Waals surface area contributed by atoms with Crippen LogP contribution in [-0.2, 0) is 11.3 Å². The predicted octanol–water partition coefficient (Wildman–Crippen LogP) is 6.28. The van der Waals surface area contributed by atoms with Crippen LogP contribution in [0.2, 0.25) is 10.0 Å². The van der Waals surface area contributed by atoms with Gasteiger partial charge in [-0.25, -0.2) is 4.79 Å². The summed E-state index contributed by atoms with van der Waals surface area (Å²) in [5.74, 6) is 0.628. The van der Waals surface area contributed by atoms with Gasteiger partial charge in [-0.1, -0.05) is 41.4 Å². The van der Waals surface area contributed by atoms with Crippen LogP contribution in [0.4, 0.5) is 0 Å². The molecule has 0 saturated heterocycles. The summed E-state index contributed by atoms with van der Waals surface area (Å²) in [6, 6.07) is 15.5. The zero-order chi connectivity index (χ0) is 22.8. The van der Waals surface area contributed by atoms with Gasteiger partial charge in [0.1, 0.15) is 18.1 Å². The summed E-state index contributed by atoms with van der Waals surface area (Å²) in [6.07, 6.45) is 1.63. The van der Waals surface area contributed by atoms with Crippen molar-refractivity contribution in [2.45, 2.75) is 13.5 Å². The van der Waals surface area contributed by atoms with Crippen LogP contribution in [0.5, 0.6) is 11.5 Å². The number of methoxy groups -OCH3 is 1. The number of allylic oxidation sites excluding steroid dienone is 1. The minimum absolute atomic E-state index is 0.200. The second kappa shape index (κ2) is 9.07. The van der Waals surface area contributed by atoms with Gasteiger partial charge in [-0.2, -0.15) is 0 Å². The van der Waals surface area contributed by atoms with Crippen molar-refractivity contribution in [1.82, 2.24) is 0 Å². The Kier molecular flexibility index (Phi) is 6.21. The number of Topliss-reactive ketones (excluding diaryl/α,β-unsaturated/α-hetero) is 1. The highest BCUT2D eigenvalue weighted by Gasteiger charge is 2.30. The summed E-state index contributed by atoms with van der Waals surface area (Å²) < 4.78 is 16.4. The monoisotopic (exact) mass is 468 g/mol. The molecular weight excluding hydrogens is 451 g/mol. The molecule has 3 aromatic carbocycles. The summed E-state index contributed by atoms with van der Waals surface area (Å²) in [4.78, 5) is 24.4. The number of ether oxygens (including phenoxy) is 3. The molecule has 1 aliphatic rings. The smallest absolute Gasteiger partial charge is 0.337 e. The van der Waals surface area contributed by atoms with Gasteiger partial charge in [0, 0.05) is 6.07 Å². The van der Waals surface area contributed by atoms with Gasteiger partial charge in [-0.05, 0) is 60.0 Å². The van der Waals surface area contributed by atoms with Crippen molar-refractivity contribution in [3.63, 3.8) is 0 Å². The number of ketones is 1. The van der Waals surface area contributed by atoms with Crippen molar-refractivity contribution in [3.05, 3.63) is 98.2 Å². The number of hydrogen-bond donors (Lipinski definition) is 0. The van der Waals surface area contributed by atoms with Gasteiger partial charge in [-0.15, -0.1) is 0 Å². The SMILES string of the molecule is COC(=O)c1ccc(COc2cc(C)c3c(c2)O/C(=C\c2ccc(Cl)c(Cl)c2)C3=O)cc1. The van der Waals surface area contributed by atoms with E-state index in [0.29, 0.717) is 44.8 Å². The summed E-state index contributed by atoms with van der Waals surface area (Å²) in [6.45, 7) is 2.12. The van der Waals surface area contributed by atoms with E-state index in [1.165, 1.54) is 7.11 Å². The number of fused-ring (bicyclic) bond motifs is 1. The Morgan fingerprint density at radius 2 is 1.78 bits per heavy atom.